The molecule has 0 radical (unpaired) electrons. The molecule has 0 bridgehead atoms. The van der Waals surface area contributed by atoms with E-state index in [-0.39, 0.29) is 17.7 Å². The third-order valence-corrected chi connectivity index (χ3v) is 4.85. The van der Waals surface area contributed by atoms with Crippen LogP contribution in [0, 0.1) is 5.82 Å². The Morgan fingerprint density at radius 3 is 2.54 bits per heavy atom. The largest absolute Gasteiger partial charge is 0.417 e. The van der Waals surface area contributed by atoms with Crippen molar-refractivity contribution in [1.29, 1.82) is 0 Å². The molecule has 7 nitrogen and oxygen atoms in total. The molecule has 178 valence electrons. The van der Waals surface area contributed by atoms with E-state index in [2.05, 4.69) is 31.3 Å². The van der Waals surface area contributed by atoms with Gasteiger partial charge in [0.15, 0.2) is 0 Å². The second-order valence-corrected chi connectivity index (χ2v) is 7.60. The van der Waals surface area contributed by atoms with Crippen LogP contribution in [0.4, 0.5) is 29.2 Å². The second-order valence-electron chi connectivity index (χ2n) is 7.60. The van der Waals surface area contributed by atoms with E-state index in [1.54, 1.807) is 18.3 Å². The Morgan fingerprint density at radius 1 is 1.09 bits per heavy atom. The van der Waals surface area contributed by atoms with E-state index in [0.717, 1.165) is 18.0 Å². The van der Waals surface area contributed by atoms with Crippen molar-refractivity contribution in [3.63, 3.8) is 0 Å². The minimum Gasteiger partial charge on any atom is -0.349 e. The molecule has 0 fully saturated rings. The van der Waals surface area contributed by atoms with Gasteiger partial charge in [-0.15, -0.1) is 5.73 Å². The number of amides is 1. The summed E-state index contributed by atoms with van der Waals surface area (Å²) >= 11 is 0. The summed E-state index contributed by atoms with van der Waals surface area (Å²) in [6.07, 6.45) is 5.18. The maximum atomic E-state index is 14.7. The summed E-state index contributed by atoms with van der Waals surface area (Å²) in [4.78, 5) is 26.0. The molecule has 11 heteroatoms. The van der Waals surface area contributed by atoms with Crippen LogP contribution in [0.15, 0.2) is 79.0 Å². The van der Waals surface area contributed by atoms with Crippen molar-refractivity contribution in [3.05, 3.63) is 95.9 Å². The predicted molar refractivity (Wildman–Crippen MR) is 121 cm³/mol. The first-order valence-corrected chi connectivity index (χ1v) is 10.2. The smallest absolute Gasteiger partial charge is 0.349 e. The van der Waals surface area contributed by atoms with Crippen molar-refractivity contribution in [1.82, 2.24) is 19.9 Å². The third-order valence-electron chi connectivity index (χ3n) is 4.85. The average Bonchev–Trinajstić information content (AvgIpc) is 2.80. The molecule has 0 spiro atoms. The number of nitrogens with zero attached hydrogens (tertiary/aromatic N) is 4. The quantitative estimate of drug-likeness (QED) is 0.390. The third kappa shape index (κ3) is 6.10. The summed E-state index contributed by atoms with van der Waals surface area (Å²) < 4.78 is 53.1. The SMILES string of the molecule is CN1C=C=CC(Nc2ncc(-c3ccc(CC(=O)Nc4cncc(C(F)(F)F)c4)c(F)c3)cn2)=C1. The van der Waals surface area contributed by atoms with Gasteiger partial charge in [0, 0.05) is 49.7 Å². The molecular weight excluding hydrogens is 464 g/mol. The normalized spacial score (nSPS) is 12.9. The van der Waals surface area contributed by atoms with Crippen LogP contribution in [-0.2, 0) is 17.4 Å². The van der Waals surface area contributed by atoms with Crippen LogP contribution in [-0.4, -0.2) is 32.8 Å². The molecule has 1 aliphatic rings. The van der Waals surface area contributed by atoms with Crippen LogP contribution in [0.2, 0.25) is 0 Å². The summed E-state index contributed by atoms with van der Waals surface area (Å²) in [5.74, 6) is -0.969. The second kappa shape index (κ2) is 9.78. The number of alkyl halides is 3. The van der Waals surface area contributed by atoms with Gasteiger partial charge in [0.25, 0.3) is 0 Å². The summed E-state index contributed by atoms with van der Waals surface area (Å²) in [6, 6.07) is 5.04. The lowest BCUT2D eigenvalue weighted by Crippen LogP contribution is -2.16. The molecule has 0 unspecified atom stereocenters. The van der Waals surface area contributed by atoms with Crippen LogP contribution < -0.4 is 10.6 Å². The Morgan fingerprint density at radius 2 is 1.86 bits per heavy atom. The molecule has 0 saturated carbocycles. The van der Waals surface area contributed by atoms with Crippen molar-refractivity contribution in [2.45, 2.75) is 12.6 Å². The van der Waals surface area contributed by atoms with Crippen molar-refractivity contribution >= 4 is 17.5 Å². The van der Waals surface area contributed by atoms with Gasteiger partial charge in [-0.3, -0.25) is 9.78 Å². The lowest BCUT2D eigenvalue weighted by atomic mass is 10.0. The van der Waals surface area contributed by atoms with Gasteiger partial charge in [-0.25, -0.2) is 14.4 Å². The van der Waals surface area contributed by atoms with Crippen molar-refractivity contribution in [2.75, 3.05) is 17.7 Å². The van der Waals surface area contributed by atoms with Crippen molar-refractivity contribution in [2.24, 2.45) is 0 Å². The van der Waals surface area contributed by atoms with E-state index in [0.29, 0.717) is 23.3 Å². The van der Waals surface area contributed by atoms with Crippen molar-refractivity contribution in [3.8, 4) is 11.1 Å². The predicted octanol–water partition coefficient (Wildman–Crippen LogP) is 4.75. The molecule has 3 heterocycles. The van der Waals surface area contributed by atoms with Gasteiger partial charge in [-0.05, 0) is 23.3 Å². The zero-order chi connectivity index (χ0) is 25.0. The molecule has 2 N–H and O–H groups in total. The van der Waals surface area contributed by atoms with Crippen LogP contribution in [0.5, 0.6) is 0 Å². The molecular formula is C24H18F4N6O. The molecule has 3 aromatic rings. The average molecular weight is 482 g/mol. The number of benzene rings is 1. The summed E-state index contributed by atoms with van der Waals surface area (Å²) in [7, 11) is 1.86. The maximum Gasteiger partial charge on any atom is 0.417 e. The molecule has 1 amide bonds. The number of nitrogens with one attached hydrogen (secondary N) is 2. The number of pyridine rings is 1. The first kappa shape index (κ1) is 23.7. The number of carbonyl (C=O) groups excluding carboxylic acids is 1. The number of halogens is 4. The zero-order valence-corrected chi connectivity index (χ0v) is 18.3. The van der Waals surface area contributed by atoms with E-state index in [1.165, 1.54) is 24.5 Å². The Kier molecular flexibility index (Phi) is 6.61. The van der Waals surface area contributed by atoms with Crippen molar-refractivity contribution < 1.29 is 22.4 Å². The maximum absolute atomic E-state index is 14.7. The topological polar surface area (TPSA) is 83.0 Å². The highest BCUT2D eigenvalue weighted by Crippen LogP contribution is 2.30. The molecule has 2 aromatic heterocycles. The van der Waals surface area contributed by atoms with Gasteiger partial charge in [0.05, 0.1) is 29.6 Å². The fraction of sp³-hybridized carbons (Fsp3) is 0.125. The Hall–Kier alpha value is -4.50. The van der Waals surface area contributed by atoms with E-state index in [1.807, 2.05) is 18.1 Å². The lowest BCUT2D eigenvalue weighted by molar-refractivity contribution is -0.137. The Balaban J connectivity index is 1.41. The van der Waals surface area contributed by atoms with Crippen LogP contribution >= 0.6 is 0 Å². The van der Waals surface area contributed by atoms with E-state index in [4.69, 9.17) is 0 Å². The lowest BCUT2D eigenvalue weighted by Gasteiger charge is -2.13. The van der Waals surface area contributed by atoms with E-state index in [9.17, 15) is 22.4 Å². The molecule has 0 saturated heterocycles. The molecule has 35 heavy (non-hydrogen) atoms. The fourth-order valence-electron chi connectivity index (χ4n) is 3.19. The van der Waals surface area contributed by atoms with Gasteiger partial charge in [0.2, 0.25) is 11.9 Å². The highest BCUT2D eigenvalue weighted by atomic mass is 19.4. The highest BCUT2D eigenvalue weighted by Gasteiger charge is 2.31. The number of hydrogen-bond acceptors (Lipinski definition) is 6. The molecule has 0 atom stereocenters. The van der Waals surface area contributed by atoms with Gasteiger partial charge in [0.1, 0.15) is 5.82 Å². The molecule has 4 rings (SSSR count). The number of carbonyl (C=O) groups is 1. The van der Waals surface area contributed by atoms with E-state index < -0.39 is 23.5 Å². The van der Waals surface area contributed by atoms with Crippen LogP contribution in [0.25, 0.3) is 11.1 Å². The van der Waals surface area contributed by atoms with Gasteiger partial charge >= 0.3 is 6.18 Å². The van der Waals surface area contributed by atoms with Crippen LogP contribution in [0.1, 0.15) is 11.1 Å². The minimum absolute atomic E-state index is 0.0820. The summed E-state index contributed by atoms with van der Waals surface area (Å²) in [5.41, 5.74) is 3.73. The Labute approximate surface area is 197 Å². The number of hydrogen-bond donors (Lipinski definition) is 2. The Bertz CT molecular complexity index is 1340. The monoisotopic (exact) mass is 482 g/mol. The summed E-state index contributed by atoms with van der Waals surface area (Å²) in [5, 5.41) is 5.34. The molecule has 1 aromatic carbocycles. The molecule has 1 aliphatic heterocycles. The van der Waals surface area contributed by atoms with Gasteiger partial charge in [-0.1, -0.05) is 12.1 Å². The van der Waals surface area contributed by atoms with E-state index >= 15 is 0 Å². The fourth-order valence-corrected chi connectivity index (χ4v) is 3.19. The molecule has 0 aliphatic carbocycles. The van der Waals surface area contributed by atoms with Gasteiger partial charge in [-0.2, -0.15) is 13.2 Å². The summed E-state index contributed by atoms with van der Waals surface area (Å²) in [6.45, 7) is 0. The number of aromatic nitrogens is 3. The number of anilines is 2. The first-order valence-electron chi connectivity index (χ1n) is 10.2. The number of allylic oxidation sites excluding steroid dienone is 1. The van der Waals surface area contributed by atoms with Crippen LogP contribution in [0.3, 0.4) is 0 Å². The first-order chi connectivity index (χ1) is 16.7. The minimum atomic E-state index is -4.59. The zero-order valence-electron chi connectivity index (χ0n) is 18.3. The number of rotatable bonds is 6. The standard InChI is InChI=1S/C24H18F4N6O/c1-34-6-2-3-19(14-34)33-23-30-10-17(11-31-23)15-4-5-16(21(25)7-15)8-22(35)32-20-9-18(12-29-13-20)24(26,27)28/h3-7,9-14H,8H2,1H3,(H,32,35)(H,30,31,33). The van der Waals surface area contributed by atoms with Gasteiger partial charge < -0.3 is 15.5 Å². The highest BCUT2D eigenvalue weighted by molar-refractivity contribution is 5.92.